The van der Waals surface area contributed by atoms with Crippen molar-refractivity contribution in [3.8, 4) is 17.2 Å². The average molecular weight is 271 g/mol. The highest BCUT2D eigenvalue weighted by Crippen LogP contribution is 2.16. The maximum absolute atomic E-state index is 9.56. The van der Waals surface area contributed by atoms with Gasteiger partial charge in [-0.05, 0) is 36.4 Å². The molecule has 1 N–H and O–H groups in total. The van der Waals surface area contributed by atoms with Gasteiger partial charge in [-0.1, -0.05) is 12.1 Å². The second-order valence-corrected chi connectivity index (χ2v) is 4.12. The molecule has 0 aliphatic heterocycles. The predicted molar refractivity (Wildman–Crippen MR) is 79.1 cm³/mol. The van der Waals surface area contributed by atoms with Crippen molar-refractivity contribution in [3.05, 3.63) is 54.1 Å². The summed E-state index contributed by atoms with van der Waals surface area (Å²) in [6.45, 7) is 1.01. The van der Waals surface area contributed by atoms with E-state index in [1.54, 1.807) is 25.5 Å². The Balaban J connectivity index is 1.77. The van der Waals surface area contributed by atoms with Gasteiger partial charge < -0.3 is 14.6 Å². The number of benzene rings is 2. The van der Waals surface area contributed by atoms with Gasteiger partial charge in [0.2, 0.25) is 0 Å². The summed E-state index contributed by atoms with van der Waals surface area (Å²) in [6.07, 6.45) is 1.65. The van der Waals surface area contributed by atoms with Crippen LogP contribution >= 0.6 is 0 Å². The molecule has 0 bridgehead atoms. The van der Waals surface area contributed by atoms with Gasteiger partial charge in [0.1, 0.15) is 23.9 Å². The first-order chi connectivity index (χ1) is 9.79. The number of methoxy groups -OCH3 is 1. The number of ether oxygens (including phenoxy) is 2. The second-order valence-electron chi connectivity index (χ2n) is 4.12. The maximum atomic E-state index is 9.56. The summed E-state index contributed by atoms with van der Waals surface area (Å²) in [6, 6.07) is 14.5. The Morgan fingerprint density at radius 3 is 2.45 bits per heavy atom. The smallest absolute Gasteiger partial charge is 0.124 e. The van der Waals surface area contributed by atoms with Crippen LogP contribution < -0.4 is 9.47 Å². The molecule has 4 nitrogen and oxygen atoms in total. The van der Waals surface area contributed by atoms with E-state index in [2.05, 4.69) is 4.99 Å². The molecule has 0 aromatic heterocycles. The summed E-state index contributed by atoms with van der Waals surface area (Å²) in [5, 5.41) is 9.56. The monoisotopic (exact) mass is 271 g/mol. The lowest BCUT2D eigenvalue weighted by Gasteiger charge is -2.05. The van der Waals surface area contributed by atoms with Gasteiger partial charge >= 0.3 is 0 Å². The highest BCUT2D eigenvalue weighted by Gasteiger charge is 1.96. The minimum absolute atomic E-state index is 0.229. The molecule has 0 aliphatic rings. The molecule has 0 atom stereocenters. The minimum atomic E-state index is 0.229. The molecule has 2 rings (SSSR count). The topological polar surface area (TPSA) is 51.0 Å². The lowest BCUT2D eigenvalue weighted by molar-refractivity contribution is 0.328. The van der Waals surface area contributed by atoms with E-state index < -0.39 is 0 Å². The molecule has 0 amide bonds. The molecule has 2 aromatic carbocycles. The highest BCUT2D eigenvalue weighted by atomic mass is 16.5. The molecule has 0 spiro atoms. The van der Waals surface area contributed by atoms with Crippen LogP contribution in [0.15, 0.2) is 53.5 Å². The number of nitrogens with zero attached hydrogens (tertiary/aromatic N) is 1. The number of para-hydroxylation sites is 1. The maximum Gasteiger partial charge on any atom is 0.124 e. The van der Waals surface area contributed by atoms with E-state index in [0.29, 0.717) is 18.7 Å². The molecule has 0 aliphatic carbocycles. The van der Waals surface area contributed by atoms with Crippen LogP contribution in [0, 0.1) is 0 Å². The molecule has 104 valence electrons. The van der Waals surface area contributed by atoms with Crippen LogP contribution in [0.1, 0.15) is 5.56 Å². The SMILES string of the molecule is COc1ccc(OCCN=Cc2ccccc2O)cc1. The van der Waals surface area contributed by atoms with Crippen molar-refractivity contribution < 1.29 is 14.6 Å². The molecule has 0 saturated carbocycles. The van der Waals surface area contributed by atoms with E-state index in [-0.39, 0.29) is 5.75 Å². The summed E-state index contributed by atoms with van der Waals surface area (Å²) < 4.78 is 10.6. The third-order valence-electron chi connectivity index (χ3n) is 2.72. The molecule has 0 unspecified atom stereocenters. The van der Waals surface area contributed by atoms with Crippen molar-refractivity contribution >= 4 is 6.21 Å². The van der Waals surface area contributed by atoms with Gasteiger partial charge in [0.05, 0.1) is 13.7 Å². The number of hydrogen-bond acceptors (Lipinski definition) is 4. The predicted octanol–water partition coefficient (Wildman–Crippen LogP) is 2.90. The van der Waals surface area contributed by atoms with Crippen LogP contribution in [0.4, 0.5) is 0 Å². The third kappa shape index (κ3) is 4.02. The van der Waals surface area contributed by atoms with Crippen molar-refractivity contribution in [2.45, 2.75) is 0 Å². The molecular weight excluding hydrogens is 254 g/mol. The Labute approximate surface area is 118 Å². The van der Waals surface area contributed by atoms with Gasteiger partial charge in [-0.15, -0.1) is 0 Å². The van der Waals surface area contributed by atoms with Crippen LogP contribution in [0.25, 0.3) is 0 Å². The van der Waals surface area contributed by atoms with Gasteiger partial charge in [-0.3, -0.25) is 4.99 Å². The number of hydrogen-bond donors (Lipinski definition) is 1. The van der Waals surface area contributed by atoms with E-state index in [4.69, 9.17) is 9.47 Å². The summed E-state index contributed by atoms with van der Waals surface area (Å²) in [7, 11) is 1.63. The Kier molecular flexibility index (Phi) is 5.00. The van der Waals surface area contributed by atoms with E-state index in [0.717, 1.165) is 11.5 Å². The fourth-order valence-electron chi connectivity index (χ4n) is 1.65. The zero-order chi connectivity index (χ0) is 14.2. The number of rotatable bonds is 6. The van der Waals surface area contributed by atoms with Crippen LogP contribution in [-0.2, 0) is 0 Å². The molecule has 0 saturated heterocycles. The number of phenols is 1. The van der Waals surface area contributed by atoms with Crippen molar-refractivity contribution in [3.63, 3.8) is 0 Å². The first kappa shape index (κ1) is 13.9. The van der Waals surface area contributed by atoms with E-state index in [9.17, 15) is 5.11 Å². The van der Waals surface area contributed by atoms with Crippen LogP contribution in [-0.4, -0.2) is 31.6 Å². The molecule has 0 heterocycles. The Hall–Kier alpha value is -2.49. The largest absolute Gasteiger partial charge is 0.507 e. The van der Waals surface area contributed by atoms with Gasteiger partial charge in [-0.2, -0.15) is 0 Å². The number of phenolic OH excluding ortho intramolecular Hbond substituents is 1. The van der Waals surface area contributed by atoms with Crippen molar-refractivity contribution in [2.75, 3.05) is 20.3 Å². The standard InChI is InChI=1S/C16H17NO3/c1-19-14-6-8-15(9-7-14)20-11-10-17-12-13-4-2-3-5-16(13)18/h2-9,12,18H,10-11H2,1H3. The number of aliphatic imine (C=N–C) groups is 1. The molecule has 0 radical (unpaired) electrons. The molecule has 2 aromatic rings. The Morgan fingerprint density at radius 2 is 1.75 bits per heavy atom. The summed E-state index contributed by atoms with van der Waals surface area (Å²) in [5.74, 6) is 1.81. The lowest BCUT2D eigenvalue weighted by Crippen LogP contribution is -2.01. The zero-order valence-corrected chi connectivity index (χ0v) is 11.3. The fourth-order valence-corrected chi connectivity index (χ4v) is 1.65. The average Bonchev–Trinajstić information content (AvgIpc) is 2.49. The van der Waals surface area contributed by atoms with E-state index in [1.807, 2.05) is 36.4 Å². The molecular formula is C16H17NO3. The van der Waals surface area contributed by atoms with Crippen LogP contribution in [0.2, 0.25) is 0 Å². The van der Waals surface area contributed by atoms with Crippen molar-refractivity contribution in [1.82, 2.24) is 0 Å². The lowest BCUT2D eigenvalue weighted by atomic mass is 10.2. The van der Waals surface area contributed by atoms with Crippen molar-refractivity contribution in [1.29, 1.82) is 0 Å². The fraction of sp³-hybridized carbons (Fsp3) is 0.188. The van der Waals surface area contributed by atoms with Crippen LogP contribution in [0.5, 0.6) is 17.2 Å². The summed E-state index contributed by atoms with van der Waals surface area (Å²) in [5.41, 5.74) is 0.706. The van der Waals surface area contributed by atoms with E-state index >= 15 is 0 Å². The first-order valence-corrected chi connectivity index (χ1v) is 6.34. The Morgan fingerprint density at radius 1 is 1.05 bits per heavy atom. The quantitative estimate of drug-likeness (QED) is 0.649. The Bertz CT molecular complexity index is 564. The molecule has 0 fully saturated rings. The van der Waals surface area contributed by atoms with Crippen molar-refractivity contribution in [2.24, 2.45) is 4.99 Å². The highest BCUT2D eigenvalue weighted by molar-refractivity contribution is 5.83. The molecule has 20 heavy (non-hydrogen) atoms. The summed E-state index contributed by atoms with van der Waals surface area (Å²) in [4.78, 5) is 4.22. The summed E-state index contributed by atoms with van der Waals surface area (Å²) >= 11 is 0. The minimum Gasteiger partial charge on any atom is -0.507 e. The first-order valence-electron chi connectivity index (χ1n) is 6.34. The third-order valence-corrected chi connectivity index (χ3v) is 2.72. The number of aromatic hydroxyl groups is 1. The van der Waals surface area contributed by atoms with Crippen LogP contribution in [0.3, 0.4) is 0 Å². The second kappa shape index (κ2) is 7.19. The zero-order valence-electron chi connectivity index (χ0n) is 11.3. The van der Waals surface area contributed by atoms with Gasteiger partial charge in [0, 0.05) is 11.8 Å². The molecule has 4 heteroatoms. The van der Waals surface area contributed by atoms with E-state index in [1.165, 1.54) is 0 Å². The normalized spacial score (nSPS) is 10.7. The van der Waals surface area contributed by atoms with Gasteiger partial charge in [-0.25, -0.2) is 0 Å². The van der Waals surface area contributed by atoms with Gasteiger partial charge in [0.25, 0.3) is 0 Å². The van der Waals surface area contributed by atoms with Gasteiger partial charge in [0.15, 0.2) is 0 Å².